The van der Waals surface area contributed by atoms with Crippen LogP contribution in [0.25, 0.3) is 0 Å². The molecule has 2 heteroatoms. The monoisotopic (exact) mass is 198 g/mol. The largest absolute Gasteiger partial charge is 0.399 e. The summed E-state index contributed by atoms with van der Waals surface area (Å²) < 4.78 is 1.47. The Bertz CT molecular complexity index is 172. The van der Waals surface area contributed by atoms with Gasteiger partial charge in [-0.25, -0.2) is 14.1 Å². The molecule has 0 aliphatic rings. The van der Waals surface area contributed by atoms with Gasteiger partial charge in [0.2, 0.25) is 0 Å². The minimum absolute atomic E-state index is 0.716. The maximum Gasteiger partial charge on any atom is 0.399 e. The van der Waals surface area contributed by atoms with Crippen LogP contribution >= 0.6 is 14.1 Å². The van der Waals surface area contributed by atoms with E-state index in [1.54, 1.807) is 0 Å². The molecule has 0 heterocycles. The third-order valence-corrected chi connectivity index (χ3v) is 4.15. The fraction of sp³-hybridized carbons (Fsp3) is 0.143. The number of halogens is 1. The van der Waals surface area contributed by atoms with E-state index in [2.05, 4.69) is 44.1 Å². The van der Waals surface area contributed by atoms with Gasteiger partial charge in [0, 0.05) is 0 Å². The van der Waals surface area contributed by atoms with Crippen molar-refractivity contribution in [3.8, 4) is 0 Å². The van der Waals surface area contributed by atoms with Gasteiger partial charge >= 0.3 is 12.3 Å². The van der Waals surface area contributed by atoms with Gasteiger partial charge in [-0.3, -0.25) is 0 Å². The molecule has 0 N–H and O–H groups in total. The van der Waals surface area contributed by atoms with Crippen LogP contribution in [0.5, 0.6) is 0 Å². The lowest BCUT2D eigenvalue weighted by Gasteiger charge is -1.94. The van der Waals surface area contributed by atoms with Crippen LogP contribution in [-0.2, 0) is 0 Å². The lowest BCUT2D eigenvalue weighted by molar-refractivity contribution is 1.76. The minimum atomic E-state index is -0.716. The van der Waals surface area contributed by atoms with E-state index in [0.29, 0.717) is 0 Å². The van der Waals surface area contributed by atoms with Crippen molar-refractivity contribution in [3.63, 3.8) is 0 Å². The summed E-state index contributed by atoms with van der Waals surface area (Å²) in [6.45, 7) is 0. The maximum atomic E-state index is 3.62. The van der Waals surface area contributed by atoms with Gasteiger partial charge in [-0.15, -0.1) is 0 Å². The lowest BCUT2D eigenvalue weighted by Crippen LogP contribution is -2.18. The van der Waals surface area contributed by atoms with Gasteiger partial charge in [-0.05, 0) is 0 Å². The average Bonchev–Trinajstić information content (AvgIpc) is 1.90. The first kappa shape index (κ1) is 7.34. The van der Waals surface area contributed by atoms with Crippen molar-refractivity contribution in [1.82, 2.24) is 0 Å². The molecule has 0 radical (unpaired) electrons. The summed E-state index contributed by atoms with van der Waals surface area (Å²) >= 11 is 2.91. The highest BCUT2D eigenvalue weighted by Crippen LogP contribution is 1.93. The Balaban J connectivity index is 2.85. The van der Waals surface area contributed by atoms with E-state index in [4.69, 9.17) is 0 Å². The van der Waals surface area contributed by atoms with Crippen molar-refractivity contribution in [3.05, 3.63) is 30.3 Å². The Hall–Kier alpha value is 0.232. The molecule has 0 saturated heterocycles. The molecule has 0 aliphatic heterocycles. The Morgan fingerprint density at radius 1 is 1.22 bits per heavy atom. The summed E-state index contributed by atoms with van der Waals surface area (Å²) in [6, 6.07) is 10.6. The van der Waals surface area contributed by atoms with E-state index in [9.17, 15) is 0 Å². The van der Waals surface area contributed by atoms with E-state index < -0.39 is 12.3 Å². The van der Waals surface area contributed by atoms with Crippen molar-refractivity contribution < 1.29 is 0 Å². The second-order valence-corrected chi connectivity index (χ2v) is 8.05. The molecule has 0 atom stereocenters. The van der Waals surface area contributed by atoms with E-state index in [0.717, 1.165) is 0 Å². The highest BCUT2D eigenvalue weighted by Gasteiger charge is 2.05. The molecule has 0 bridgehead atoms. The summed E-state index contributed by atoms with van der Waals surface area (Å²) in [5, 5.41) is 0. The van der Waals surface area contributed by atoms with Crippen LogP contribution in [0.4, 0.5) is 0 Å². The fourth-order valence-corrected chi connectivity index (χ4v) is 2.39. The molecule has 46 valence electrons. The third-order valence-electron chi connectivity index (χ3n) is 1.26. The average molecular weight is 199 g/mol. The Labute approximate surface area is 66.9 Å². The molecule has 1 aromatic carbocycles. The van der Waals surface area contributed by atoms with Gasteiger partial charge in [0.05, 0.1) is 0 Å². The van der Waals surface area contributed by atoms with Gasteiger partial charge in [0.15, 0.2) is 0 Å². The van der Waals surface area contributed by atoms with Crippen LogP contribution < -0.4 is 4.43 Å². The molecule has 1 aromatic rings. The van der Waals surface area contributed by atoms with E-state index in [-0.39, 0.29) is 0 Å². The second kappa shape index (κ2) is 3.41. The summed E-state index contributed by atoms with van der Waals surface area (Å²) in [6.07, 6.45) is 0. The van der Waals surface area contributed by atoms with Crippen LogP contribution in [0.1, 0.15) is 0 Å². The molecule has 0 amide bonds. The summed E-state index contributed by atoms with van der Waals surface area (Å²) in [4.78, 5) is 0. The Kier molecular flexibility index (Phi) is 2.78. The molecule has 0 saturated carbocycles. The van der Waals surface area contributed by atoms with Gasteiger partial charge in [-0.2, -0.15) is 0 Å². The third kappa shape index (κ3) is 2.14. The van der Waals surface area contributed by atoms with Crippen LogP contribution in [0.2, 0.25) is 5.79 Å². The zero-order valence-corrected chi connectivity index (χ0v) is 8.08. The molecule has 0 unspecified atom stereocenters. The zero-order chi connectivity index (χ0) is 6.69. The first-order valence-corrected chi connectivity index (χ1v) is 7.91. The van der Waals surface area contributed by atoms with Gasteiger partial charge in [0.25, 0.3) is 0 Å². The van der Waals surface area contributed by atoms with Gasteiger partial charge in [0.1, 0.15) is 0 Å². The second-order valence-electron chi connectivity index (χ2n) is 2.03. The van der Waals surface area contributed by atoms with Crippen LogP contribution in [0.3, 0.4) is 0 Å². The molecule has 9 heavy (non-hydrogen) atoms. The molecule has 0 aromatic heterocycles. The van der Waals surface area contributed by atoms with Gasteiger partial charge < -0.3 is 0 Å². The van der Waals surface area contributed by atoms with Crippen molar-refractivity contribution >= 4 is 30.8 Å². The number of hydrogen-bond donors (Lipinski definition) is 0. The van der Waals surface area contributed by atoms with Crippen molar-refractivity contribution in [2.45, 2.75) is 5.79 Å². The standard InChI is InChI=1S/C6H5.CH3.Al.BrH/c1-2-4-6-5-3-1;;;/h1-5H;1H3;;1H/q;;+1;/p-1. The predicted molar refractivity (Wildman–Crippen MR) is 46.6 cm³/mol. The highest BCUT2D eigenvalue weighted by atomic mass is 79.9. The Morgan fingerprint density at radius 3 is 2.11 bits per heavy atom. The van der Waals surface area contributed by atoms with Crippen LogP contribution in [0.15, 0.2) is 30.3 Å². The number of hydrogen-bond acceptors (Lipinski definition) is 0. The minimum Gasteiger partial charge on any atom is -0.209 e. The number of benzene rings is 1. The molecule has 0 aliphatic carbocycles. The first-order chi connectivity index (χ1) is 4.30. The topological polar surface area (TPSA) is 0 Å². The van der Waals surface area contributed by atoms with E-state index in [1.807, 2.05) is 6.07 Å². The molecule has 1 rings (SSSR count). The van der Waals surface area contributed by atoms with Crippen LogP contribution in [-0.4, -0.2) is 12.3 Å². The van der Waals surface area contributed by atoms with Crippen molar-refractivity contribution in [2.75, 3.05) is 0 Å². The predicted octanol–water partition coefficient (Wildman–Crippen LogP) is 1.91. The summed E-state index contributed by atoms with van der Waals surface area (Å²) in [7, 11) is 0. The molecule has 0 fully saturated rings. The van der Waals surface area contributed by atoms with Crippen LogP contribution in [0, 0.1) is 0 Å². The fourth-order valence-electron chi connectivity index (χ4n) is 0.718. The SMILES string of the molecule is [CH3][Al]([Br])[c]1ccccc1. The zero-order valence-electron chi connectivity index (χ0n) is 5.34. The smallest absolute Gasteiger partial charge is 0.209 e. The molecule has 0 spiro atoms. The van der Waals surface area contributed by atoms with E-state index in [1.165, 1.54) is 4.43 Å². The lowest BCUT2D eigenvalue weighted by atomic mass is 10.4. The van der Waals surface area contributed by atoms with E-state index >= 15 is 0 Å². The van der Waals surface area contributed by atoms with Gasteiger partial charge in [-0.1, -0.05) is 40.5 Å². The highest BCUT2D eigenvalue weighted by molar-refractivity contribution is 9.25. The Morgan fingerprint density at radius 2 is 1.78 bits per heavy atom. The number of rotatable bonds is 1. The summed E-state index contributed by atoms with van der Waals surface area (Å²) in [5.41, 5.74) is 0. The quantitative estimate of drug-likeness (QED) is 0.606. The van der Waals surface area contributed by atoms with Crippen molar-refractivity contribution in [1.29, 1.82) is 0 Å². The molecular weight excluding hydrogens is 191 g/mol. The molecule has 0 nitrogen and oxygen atoms in total. The normalized spacial score (nSPS) is 9.11. The first-order valence-electron chi connectivity index (χ1n) is 2.99. The van der Waals surface area contributed by atoms with Crippen molar-refractivity contribution in [2.24, 2.45) is 0 Å². The summed E-state index contributed by atoms with van der Waals surface area (Å²) in [5.74, 6) is 2.26. The maximum absolute atomic E-state index is 3.62. The molecular formula is C7H8AlBr.